The molecule has 2 rings (SSSR count). The van der Waals surface area contributed by atoms with Crippen LogP contribution in [0.2, 0.25) is 5.02 Å². The van der Waals surface area contributed by atoms with Crippen molar-refractivity contribution in [2.24, 2.45) is 0 Å². The monoisotopic (exact) mass is 343 g/mol. The number of carbonyl (C=O) groups is 2. The predicted molar refractivity (Wildman–Crippen MR) is 92.7 cm³/mol. The van der Waals surface area contributed by atoms with Gasteiger partial charge in [-0.15, -0.1) is 0 Å². The zero-order valence-electron chi connectivity index (χ0n) is 13.2. The maximum absolute atomic E-state index is 12.2. The Morgan fingerprint density at radius 2 is 1.71 bits per heavy atom. The van der Waals surface area contributed by atoms with Gasteiger partial charge in [-0.05, 0) is 35.9 Å². The van der Waals surface area contributed by atoms with Crippen LogP contribution in [0.1, 0.15) is 15.9 Å². The van der Waals surface area contributed by atoms with Gasteiger partial charge >= 0.3 is 0 Å². The smallest absolute Gasteiger partial charge is 0.257 e. The van der Waals surface area contributed by atoms with Crippen LogP contribution >= 0.6 is 11.6 Å². The summed E-state index contributed by atoms with van der Waals surface area (Å²) in [6.07, 6.45) is 1.34. The molecular weight excluding hydrogens is 328 g/mol. The average molecular weight is 344 g/mol. The van der Waals surface area contributed by atoms with Crippen LogP contribution in [0.4, 0.5) is 5.69 Å². The van der Waals surface area contributed by atoms with Crippen molar-refractivity contribution in [1.29, 1.82) is 0 Å². The zero-order chi connectivity index (χ0) is 17.7. The number of hydrogen-bond donors (Lipinski definition) is 1. The molecule has 1 amide bonds. The molecule has 0 radical (unpaired) electrons. The molecule has 2 aromatic carbocycles. The van der Waals surface area contributed by atoms with Gasteiger partial charge in [-0.2, -0.15) is 0 Å². The molecule has 0 spiro atoms. The van der Waals surface area contributed by atoms with E-state index in [1.165, 1.54) is 12.1 Å². The number of carboxylic acids is 1. The number of halogens is 1. The molecule has 0 aliphatic carbocycles. The lowest BCUT2D eigenvalue weighted by atomic mass is 10.1. The minimum Gasteiger partial charge on any atom is -0.543 e. The fourth-order valence-corrected chi connectivity index (χ4v) is 2.24. The molecule has 0 aliphatic rings. The molecule has 0 saturated carbocycles. The minimum atomic E-state index is -1.48. The lowest BCUT2D eigenvalue weighted by Crippen LogP contribution is -2.35. The molecule has 1 N–H and O–H groups in total. The van der Waals surface area contributed by atoms with E-state index in [0.717, 1.165) is 5.69 Å². The van der Waals surface area contributed by atoms with Gasteiger partial charge < -0.3 is 20.1 Å². The predicted octanol–water partition coefficient (Wildman–Crippen LogP) is 1.93. The van der Waals surface area contributed by atoms with Gasteiger partial charge in [0.2, 0.25) is 0 Å². The van der Waals surface area contributed by atoms with Crippen molar-refractivity contribution in [2.75, 3.05) is 19.0 Å². The Bertz CT molecular complexity index is 783. The number of carbonyl (C=O) groups excluding carboxylic acids is 2. The Morgan fingerprint density at radius 3 is 2.25 bits per heavy atom. The Hall–Kier alpha value is -2.79. The summed E-state index contributed by atoms with van der Waals surface area (Å²) in [7, 11) is 3.81. The maximum atomic E-state index is 12.2. The highest BCUT2D eigenvalue weighted by molar-refractivity contribution is 6.34. The van der Waals surface area contributed by atoms with Crippen molar-refractivity contribution in [2.45, 2.75) is 0 Å². The first kappa shape index (κ1) is 17.6. The van der Waals surface area contributed by atoms with Crippen LogP contribution in [0, 0.1) is 0 Å². The molecule has 0 aliphatic heterocycles. The van der Waals surface area contributed by atoms with Gasteiger partial charge in [0.05, 0.1) is 22.3 Å². The quantitative estimate of drug-likeness (QED) is 0.842. The number of hydrogen-bond acceptors (Lipinski definition) is 4. The second-order valence-corrected chi connectivity index (χ2v) is 5.67. The summed E-state index contributed by atoms with van der Waals surface area (Å²) in [4.78, 5) is 25.4. The van der Waals surface area contributed by atoms with Crippen LogP contribution in [-0.4, -0.2) is 26.0 Å². The molecule has 124 valence electrons. The molecule has 0 aromatic heterocycles. The first-order chi connectivity index (χ1) is 11.4. The number of aliphatic carboxylic acids is 1. The summed E-state index contributed by atoms with van der Waals surface area (Å²) < 4.78 is 0. The van der Waals surface area contributed by atoms with E-state index < -0.39 is 11.9 Å². The van der Waals surface area contributed by atoms with E-state index in [9.17, 15) is 14.7 Å². The largest absolute Gasteiger partial charge is 0.543 e. The molecule has 24 heavy (non-hydrogen) atoms. The number of anilines is 1. The highest BCUT2D eigenvalue weighted by Crippen LogP contribution is 2.16. The molecule has 0 atom stereocenters. The molecule has 5 nitrogen and oxygen atoms in total. The SMILES string of the molecule is CN(C)c1ccc(/C=C(\NC(=O)c2ccccc2Cl)C(=O)[O-])cc1. The second kappa shape index (κ2) is 7.66. The fraction of sp³-hybridized carbons (Fsp3) is 0.111. The van der Waals surface area contributed by atoms with E-state index in [1.807, 2.05) is 31.1 Å². The van der Waals surface area contributed by atoms with Gasteiger partial charge in [-0.25, -0.2) is 0 Å². The number of nitrogens with one attached hydrogen (secondary N) is 1. The number of nitrogens with zero attached hydrogens (tertiary/aromatic N) is 1. The summed E-state index contributed by atoms with van der Waals surface area (Å²) in [5.74, 6) is -2.09. The molecule has 0 unspecified atom stereocenters. The molecule has 0 saturated heterocycles. The summed E-state index contributed by atoms with van der Waals surface area (Å²) in [6.45, 7) is 0. The standard InChI is InChI=1S/C18H17ClN2O3/c1-21(2)13-9-7-12(8-10-13)11-16(18(23)24)20-17(22)14-5-3-4-6-15(14)19/h3-11H,1-2H3,(H,20,22)(H,23,24)/p-1/b16-11-. The van der Waals surface area contributed by atoms with Crippen molar-refractivity contribution in [3.05, 3.63) is 70.4 Å². The van der Waals surface area contributed by atoms with E-state index in [1.54, 1.807) is 30.3 Å². The van der Waals surface area contributed by atoms with Crippen LogP contribution in [0.5, 0.6) is 0 Å². The van der Waals surface area contributed by atoms with Crippen molar-refractivity contribution in [3.63, 3.8) is 0 Å². The third kappa shape index (κ3) is 4.36. The topological polar surface area (TPSA) is 72.5 Å². The molecule has 0 heterocycles. The average Bonchev–Trinajstić information content (AvgIpc) is 2.54. The molecule has 2 aromatic rings. The lowest BCUT2D eigenvalue weighted by molar-refractivity contribution is -0.299. The molecule has 0 bridgehead atoms. The third-order valence-corrected chi connectivity index (χ3v) is 3.64. The van der Waals surface area contributed by atoms with Crippen molar-refractivity contribution in [1.82, 2.24) is 5.32 Å². The summed E-state index contributed by atoms with van der Waals surface area (Å²) in [5.41, 5.74) is 1.45. The van der Waals surface area contributed by atoms with Gasteiger partial charge in [0.1, 0.15) is 0 Å². The second-order valence-electron chi connectivity index (χ2n) is 5.27. The number of carboxylic acid groups (broad SMARTS) is 1. The van der Waals surface area contributed by atoms with Gasteiger partial charge in [-0.1, -0.05) is 35.9 Å². The Balaban J connectivity index is 2.24. The van der Waals surface area contributed by atoms with E-state index in [2.05, 4.69) is 5.32 Å². The number of amides is 1. The minimum absolute atomic E-state index is 0.189. The van der Waals surface area contributed by atoms with Crippen molar-refractivity contribution >= 4 is 35.2 Å². The molecular formula is C18H16ClN2O3-. The normalized spacial score (nSPS) is 11.0. The van der Waals surface area contributed by atoms with Gasteiger partial charge in [0, 0.05) is 19.8 Å². The summed E-state index contributed by atoms with van der Waals surface area (Å²) in [5, 5.41) is 13.9. The van der Waals surface area contributed by atoms with Crippen LogP contribution in [0.3, 0.4) is 0 Å². The zero-order valence-corrected chi connectivity index (χ0v) is 14.0. The van der Waals surface area contributed by atoms with Crippen LogP contribution < -0.4 is 15.3 Å². The van der Waals surface area contributed by atoms with E-state index >= 15 is 0 Å². The number of rotatable bonds is 5. The van der Waals surface area contributed by atoms with Gasteiger partial charge in [0.25, 0.3) is 5.91 Å². The molecule has 0 fully saturated rings. The fourth-order valence-electron chi connectivity index (χ4n) is 2.02. The first-order valence-corrected chi connectivity index (χ1v) is 7.52. The lowest BCUT2D eigenvalue weighted by Gasteiger charge is -2.13. The van der Waals surface area contributed by atoms with Gasteiger partial charge in [-0.3, -0.25) is 4.79 Å². The first-order valence-electron chi connectivity index (χ1n) is 7.15. The van der Waals surface area contributed by atoms with E-state index in [0.29, 0.717) is 5.56 Å². The van der Waals surface area contributed by atoms with Crippen LogP contribution in [0.25, 0.3) is 6.08 Å². The third-order valence-electron chi connectivity index (χ3n) is 3.31. The van der Waals surface area contributed by atoms with Crippen LogP contribution in [0.15, 0.2) is 54.2 Å². The summed E-state index contributed by atoms with van der Waals surface area (Å²) in [6, 6.07) is 13.6. The van der Waals surface area contributed by atoms with Crippen molar-refractivity contribution < 1.29 is 14.7 Å². The molecule has 6 heteroatoms. The Kier molecular flexibility index (Phi) is 5.60. The van der Waals surface area contributed by atoms with Crippen LogP contribution in [-0.2, 0) is 4.79 Å². The number of benzene rings is 2. The van der Waals surface area contributed by atoms with E-state index in [4.69, 9.17) is 11.6 Å². The van der Waals surface area contributed by atoms with Gasteiger partial charge in [0.15, 0.2) is 0 Å². The maximum Gasteiger partial charge on any atom is 0.257 e. The Labute approximate surface area is 145 Å². The highest BCUT2D eigenvalue weighted by Gasteiger charge is 2.11. The van der Waals surface area contributed by atoms with E-state index in [-0.39, 0.29) is 16.3 Å². The highest BCUT2D eigenvalue weighted by atomic mass is 35.5. The van der Waals surface area contributed by atoms with Crippen molar-refractivity contribution in [3.8, 4) is 0 Å². The Morgan fingerprint density at radius 1 is 1.08 bits per heavy atom. The summed E-state index contributed by atoms with van der Waals surface area (Å²) >= 11 is 5.94.